The third kappa shape index (κ3) is 6.06. The van der Waals surface area contributed by atoms with Gasteiger partial charge in [-0.15, -0.1) is 0 Å². The zero-order valence-electron chi connectivity index (χ0n) is 19.9. The first-order valence-electron chi connectivity index (χ1n) is 12.0. The molecule has 0 aliphatic carbocycles. The Labute approximate surface area is 193 Å². The largest absolute Gasteiger partial charge is 0.324 e. The van der Waals surface area contributed by atoms with Crippen LogP contribution in [0.1, 0.15) is 78.2 Å². The molecule has 0 saturated heterocycles. The van der Waals surface area contributed by atoms with Crippen molar-refractivity contribution in [2.45, 2.75) is 77.4 Å². The number of thioether (sulfide) groups is 1. The number of para-hydroxylation sites is 1. The first-order valence-corrected chi connectivity index (χ1v) is 12.9. The summed E-state index contributed by atoms with van der Waals surface area (Å²) < 4.78 is 0.347. The van der Waals surface area contributed by atoms with Gasteiger partial charge in [-0.05, 0) is 55.0 Å². The van der Waals surface area contributed by atoms with Crippen LogP contribution in [0.25, 0.3) is 11.0 Å². The topological polar surface area (TPSA) is 31.9 Å². The zero-order valence-corrected chi connectivity index (χ0v) is 20.8. The maximum atomic E-state index is 4.97. The third-order valence-corrected chi connectivity index (χ3v) is 8.30. The first-order chi connectivity index (χ1) is 15.0. The van der Waals surface area contributed by atoms with Gasteiger partial charge in [0.1, 0.15) is 0 Å². The van der Waals surface area contributed by atoms with Crippen molar-refractivity contribution in [3.63, 3.8) is 0 Å². The van der Waals surface area contributed by atoms with Crippen LogP contribution in [-0.2, 0) is 0 Å². The van der Waals surface area contributed by atoms with Gasteiger partial charge in [-0.2, -0.15) is 11.8 Å². The first kappa shape index (κ1) is 23.7. The molecule has 4 heteroatoms. The molecule has 0 amide bonds. The number of rotatable bonds is 12. The minimum absolute atomic E-state index is 0.347. The molecule has 1 heterocycles. The number of imidazole rings is 1. The number of fused-ring (bicyclic) bond motifs is 1. The van der Waals surface area contributed by atoms with Crippen molar-refractivity contribution in [1.29, 1.82) is 0 Å². The molecule has 3 nitrogen and oxygen atoms in total. The van der Waals surface area contributed by atoms with Crippen LogP contribution in [-0.4, -0.2) is 27.0 Å². The number of nitrogens with one attached hydrogen (secondary N) is 1. The van der Waals surface area contributed by atoms with Gasteiger partial charge in [-0.25, -0.2) is 4.98 Å². The summed E-state index contributed by atoms with van der Waals surface area (Å²) in [6.45, 7) is 12.5. The molecule has 0 saturated carbocycles. The monoisotopic (exact) mass is 437 g/mol. The fourth-order valence-corrected chi connectivity index (χ4v) is 5.10. The van der Waals surface area contributed by atoms with Crippen LogP contribution in [0.5, 0.6) is 0 Å². The molecular formula is C27H39N3S. The second kappa shape index (κ2) is 11.1. The average Bonchev–Trinajstić information content (AvgIpc) is 3.23. The molecule has 1 atom stereocenters. The molecule has 0 spiro atoms. The van der Waals surface area contributed by atoms with Crippen molar-refractivity contribution in [1.82, 2.24) is 9.97 Å². The Morgan fingerprint density at radius 3 is 2.48 bits per heavy atom. The van der Waals surface area contributed by atoms with E-state index in [1.807, 2.05) is 0 Å². The van der Waals surface area contributed by atoms with E-state index in [1.54, 1.807) is 0 Å². The van der Waals surface area contributed by atoms with Crippen molar-refractivity contribution in [2.24, 2.45) is 0 Å². The Balaban J connectivity index is 1.84. The Hall–Kier alpha value is -1.94. The molecule has 0 bridgehead atoms. The summed E-state index contributed by atoms with van der Waals surface area (Å²) in [5, 5.41) is 0. The van der Waals surface area contributed by atoms with Gasteiger partial charge in [0.05, 0.1) is 11.0 Å². The minimum atomic E-state index is 0.347. The lowest BCUT2D eigenvalue weighted by atomic mass is 9.95. The van der Waals surface area contributed by atoms with Crippen LogP contribution in [0.15, 0.2) is 48.5 Å². The second-order valence-corrected chi connectivity index (χ2v) is 10.6. The molecule has 31 heavy (non-hydrogen) atoms. The molecule has 0 fully saturated rings. The van der Waals surface area contributed by atoms with Crippen LogP contribution < -0.4 is 4.90 Å². The predicted molar refractivity (Wildman–Crippen MR) is 139 cm³/mol. The molecule has 1 N–H and O–H groups in total. The lowest BCUT2D eigenvalue weighted by molar-refractivity contribution is 0.599. The van der Waals surface area contributed by atoms with Crippen molar-refractivity contribution in [2.75, 3.05) is 17.2 Å². The summed E-state index contributed by atoms with van der Waals surface area (Å²) in [5.74, 6) is 2.59. The van der Waals surface area contributed by atoms with E-state index >= 15 is 0 Å². The predicted octanol–water partition coefficient (Wildman–Crippen LogP) is 8.31. The molecule has 3 aromatic rings. The smallest absolute Gasteiger partial charge is 0.208 e. The van der Waals surface area contributed by atoms with E-state index in [1.165, 1.54) is 43.4 Å². The van der Waals surface area contributed by atoms with Crippen molar-refractivity contribution >= 4 is 34.4 Å². The van der Waals surface area contributed by atoms with E-state index in [0.717, 1.165) is 29.3 Å². The number of aromatic nitrogens is 2. The van der Waals surface area contributed by atoms with Gasteiger partial charge >= 0.3 is 0 Å². The number of anilines is 2. The van der Waals surface area contributed by atoms with E-state index in [9.17, 15) is 0 Å². The SMILES string of the molecule is CCCCC(C)c1ccc2nc(N(CCSC(C)(CC)CC)c3ccccc3)[nH]c2c1. The Morgan fingerprint density at radius 2 is 1.81 bits per heavy atom. The maximum Gasteiger partial charge on any atom is 0.208 e. The van der Waals surface area contributed by atoms with Gasteiger partial charge in [0.25, 0.3) is 0 Å². The quantitative estimate of drug-likeness (QED) is 0.309. The fraction of sp³-hybridized carbons (Fsp3) is 0.519. The Kier molecular flexibility index (Phi) is 8.48. The summed E-state index contributed by atoms with van der Waals surface area (Å²) in [7, 11) is 0. The molecule has 2 aromatic carbocycles. The molecular weight excluding hydrogens is 398 g/mol. The third-order valence-electron chi connectivity index (χ3n) is 6.64. The molecule has 1 unspecified atom stereocenters. The van der Waals surface area contributed by atoms with E-state index in [4.69, 9.17) is 4.98 Å². The number of H-pyrrole nitrogens is 1. The number of unbranched alkanes of at least 4 members (excludes halogenated alkanes) is 1. The summed E-state index contributed by atoms with van der Waals surface area (Å²) >= 11 is 2.08. The summed E-state index contributed by atoms with van der Waals surface area (Å²) in [5.41, 5.74) is 4.77. The minimum Gasteiger partial charge on any atom is -0.324 e. The standard InChI is InChI=1S/C27H39N3S/c1-6-9-13-21(4)22-16-17-24-25(20-22)29-26(28-24)30(23-14-11-10-12-15-23)18-19-31-27(5,7-2)8-3/h10-12,14-17,20-21H,6-9,13,18-19H2,1-5H3,(H,28,29). The highest BCUT2D eigenvalue weighted by Crippen LogP contribution is 2.33. The van der Waals surface area contributed by atoms with Gasteiger partial charge in [0.15, 0.2) is 0 Å². The number of benzene rings is 2. The Bertz CT molecular complexity index is 930. The maximum absolute atomic E-state index is 4.97. The summed E-state index contributed by atoms with van der Waals surface area (Å²) in [6.07, 6.45) is 6.16. The molecule has 168 valence electrons. The van der Waals surface area contributed by atoms with E-state index in [0.29, 0.717) is 10.7 Å². The molecule has 0 aliphatic rings. The zero-order chi connectivity index (χ0) is 22.3. The van der Waals surface area contributed by atoms with Gasteiger partial charge < -0.3 is 9.88 Å². The van der Waals surface area contributed by atoms with Crippen LogP contribution in [0, 0.1) is 0 Å². The van der Waals surface area contributed by atoms with Gasteiger partial charge in [0.2, 0.25) is 5.95 Å². The highest BCUT2D eigenvalue weighted by molar-refractivity contribution is 8.00. The highest BCUT2D eigenvalue weighted by atomic mass is 32.2. The van der Waals surface area contributed by atoms with Crippen LogP contribution in [0.3, 0.4) is 0 Å². The van der Waals surface area contributed by atoms with E-state index in [2.05, 4.69) is 105 Å². The number of aromatic amines is 1. The fourth-order valence-electron chi connectivity index (χ4n) is 3.93. The summed E-state index contributed by atoms with van der Waals surface area (Å²) in [6, 6.07) is 17.4. The number of nitrogens with zero attached hydrogens (tertiary/aromatic N) is 2. The Morgan fingerprint density at radius 1 is 1.06 bits per heavy atom. The van der Waals surface area contributed by atoms with Crippen LogP contribution in [0.2, 0.25) is 0 Å². The van der Waals surface area contributed by atoms with E-state index in [-0.39, 0.29) is 0 Å². The molecule has 3 rings (SSSR count). The normalized spacial score (nSPS) is 12.9. The van der Waals surface area contributed by atoms with Crippen LogP contribution in [0.4, 0.5) is 11.6 Å². The van der Waals surface area contributed by atoms with Gasteiger partial charge in [-0.1, -0.05) is 71.7 Å². The lowest BCUT2D eigenvalue weighted by Gasteiger charge is -2.28. The van der Waals surface area contributed by atoms with Crippen molar-refractivity contribution in [3.8, 4) is 0 Å². The van der Waals surface area contributed by atoms with Crippen molar-refractivity contribution in [3.05, 3.63) is 54.1 Å². The number of hydrogen-bond donors (Lipinski definition) is 1. The number of hydrogen-bond acceptors (Lipinski definition) is 3. The summed E-state index contributed by atoms with van der Waals surface area (Å²) in [4.78, 5) is 10.9. The second-order valence-electron chi connectivity index (χ2n) is 8.87. The molecule has 0 aliphatic heterocycles. The van der Waals surface area contributed by atoms with E-state index < -0.39 is 0 Å². The molecule has 0 radical (unpaired) electrons. The highest BCUT2D eigenvalue weighted by Gasteiger charge is 2.21. The molecule has 1 aromatic heterocycles. The van der Waals surface area contributed by atoms with Crippen LogP contribution >= 0.6 is 11.8 Å². The van der Waals surface area contributed by atoms with Gasteiger partial charge in [-0.3, -0.25) is 0 Å². The van der Waals surface area contributed by atoms with Crippen molar-refractivity contribution < 1.29 is 0 Å². The van der Waals surface area contributed by atoms with Gasteiger partial charge in [0, 0.05) is 22.7 Å². The average molecular weight is 438 g/mol. The lowest BCUT2D eigenvalue weighted by Crippen LogP contribution is -2.25.